The van der Waals surface area contributed by atoms with Crippen molar-refractivity contribution in [1.29, 1.82) is 0 Å². The molecule has 0 fully saturated rings. The van der Waals surface area contributed by atoms with E-state index in [9.17, 15) is 0 Å². The summed E-state index contributed by atoms with van der Waals surface area (Å²) in [7, 11) is 0. The predicted molar refractivity (Wildman–Crippen MR) is 112 cm³/mol. The summed E-state index contributed by atoms with van der Waals surface area (Å²) < 4.78 is 0. The van der Waals surface area contributed by atoms with Gasteiger partial charge in [-0.3, -0.25) is 0 Å². The van der Waals surface area contributed by atoms with Crippen LogP contribution in [0.5, 0.6) is 0 Å². The highest BCUT2D eigenvalue weighted by Gasteiger charge is 2.03. The van der Waals surface area contributed by atoms with Crippen molar-refractivity contribution in [2.75, 3.05) is 0 Å². The molecule has 0 nitrogen and oxygen atoms in total. The first-order valence-electron chi connectivity index (χ1n) is 8.98. The summed E-state index contributed by atoms with van der Waals surface area (Å²) in [5.74, 6) is 0. The molecule has 0 radical (unpaired) electrons. The van der Waals surface area contributed by atoms with Crippen LogP contribution in [-0.4, -0.2) is 0 Å². The average Bonchev–Trinajstić information content (AvgIpc) is 2.67. The Labute approximate surface area is 146 Å². The number of allylic oxidation sites excluding steroid dienone is 6. The number of hydrogen-bond donors (Lipinski definition) is 0. The highest BCUT2D eigenvalue weighted by atomic mass is 14.1. The second kappa shape index (κ2) is 20.2. The van der Waals surface area contributed by atoms with E-state index in [1.807, 2.05) is 66.7 Å². The lowest BCUT2D eigenvalue weighted by Crippen LogP contribution is -1.88. The molecule has 1 aromatic rings. The fourth-order valence-electron chi connectivity index (χ4n) is 1.78. The van der Waals surface area contributed by atoms with E-state index < -0.39 is 0 Å². The largest absolute Gasteiger partial charge is 0.0990 e. The van der Waals surface area contributed by atoms with Crippen molar-refractivity contribution in [1.82, 2.24) is 0 Å². The molecule has 0 N–H and O–H groups in total. The maximum absolute atomic E-state index is 3.85. The highest BCUT2D eigenvalue weighted by molar-refractivity contribution is 5.82. The third kappa shape index (κ3) is 10.5. The molecule has 0 amide bonds. The summed E-state index contributed by atoms with van der Waals surface area (Å²) in [4.78, 5) is 0. The predicted octanol–water partition coefficient (Wildman–Crippen LogP) is 8.03. The van der Waals surface area contributed by atoms with Gasteiger partial charge in [-0.2, -0.15) is 0 Å². The lowest BCUT2D eigenvalue weighted by atomic mass is 9.96. The Morgan fingerprint density at radius 2 is 1.39 bits per heavy atom. The number of aryl methyl sites for hydroxylation is 1. The van der Waals surface area contributed by atoms with E-state index in [-0.39, 0.29) is 0 Å². The van der Waals surface area contributed by atoms with Crippen LogP contribution in [0.2, 0.25) is 0 Å². The van der Waals surface area contributed by atoms with Crippen LogP contribution in [0.3, 0.4) is 0 Å². The Kier molecular flexibility index (Phi) is 22.9. The topological polar surface area (TPSA) is 0 Å². The maximum atomic E-state index is 3.85. The van der Waals surface area contributed by atoms with Gasteiger partial charge in [0.1, 0.15) is 0 Å². The molecule has 1 aromatic carbocycles. The lowest BCUT2D eigenvalue weighted by molar-refractivity contribution is 1.14. The Bertz CT molecular complexity index is 441. The van der Waals surface area contributed by atoms with Crippen molar-refractivity contribution in [3.8, 4) is 0 Å². The first-order chi connectivity index (χ1) is 11.3. The molecule has 0 aromatic heterocycles. The molecule has 0 aliphatic heterocycles. The van der Waals surface area contributed by atoms with Gasteiger partial charge in [0.25, 0.3) is 0 Å². The zero-order valence-corrected chi connectivity index (χ0v) is 16.7. The summed E-state index contributed by atoms with van der Waals surface area (Å²) in [5, 5.41) is 0. The molecule has 0 spiro atoms. The lowest BCUT2D eigenvalue weighted by Gasteiger charge is -2.09. The van der Waals surface area contributed by atoms with Gasteiger partial charge in [0, 0.05) is 0 Å². The molecule has 23 heavy (non-hydrogen) atoms. The highest BCUT2D eigenvalue weighted by Crippen LogP contribution is 2.24. The minimum absolute atomic E-state index is 1.07. The Morgan fingerprint density at radius 3 is 1.70 bits per heavy atom. The van der Waals surface area contributed by atoms with Crippen molar-refractivity contribution < 1.29 is 0 Å². The van der Waals surface area contributed by atoms with Crippen LogP contribution in [-0.2, 0) is 6.42 Å². The third-order valence-corrected chi connectivity index (χ3v) is 2.80. The van der Waals surface area contributed by atoms with Crippen molar-refractivity contribution in [3.05, 3.63) is 78.4 Å². The molecule has 0 unspecified atom stereocenters. The molecule has 0 aliphatic rings. The summed E-state index contributed by atoms with van der Waals surface area (Å²) >= 11 is 0. The molecule has 0 heteroatoms. The Hall–Kier alpha value is -1.82. The fourth-order valence-corrected chi connectivity index (χ4v) is 1.78. The zero-order chi connectivity index (χ0) is 18.7. The maximum Gasteiger partial charge on any atom is -0.0115 e. The second-order valence-electron chi connectivity index (χ2n) is 3.81. The molecule has 0 atom stereocenters. The zero-order valence-electron chi connectivity index (χ0n) is 16.7. The first-order valence-corrected chi connectivity index (χ1v) is 8.98. The number of rotatable bonds is 5. The SMILES string of the molecule is C=C/C=C(\C(C=C)=C/C)c1ccc(CC)cc1.CC.CC.CC. The molecule has 1 rings (SSSR count). The second-order valence-corrected chi connectivity index (χ2v) is 3.81. The van der Waals surface area contributed by atoms with Gasteiger partial charge in [-0.1, -0.05) is 110 Å². The van der Waals surface area contributed by atoms with Gasteiger partial charge in [-0.05, 0) is 35.6 Å². The molecule has 0 heterocycles. The summed E-state index contributed by atoms with van der Waals surface area (Å²) in [6.45, 7) is 23.8. The van der Waals surface area contributed by atoms with Crippen LogP contribution in [0, 0.1) is 0 Å². The van der Waals surface area contributed by atoms with E-state index in [0.717, 1.165) is 12.0 Å². The van der Waals surface area contributed by atoms with Crippen LogP contribution in [0.4, 0.5) is 0 Å². The molecule has 0 saturated carbocycles. The van der Waals surface area contributed by atoms with Crippen molar-refractivity contribution in [3.63, 3.8) is 0 Å². The monoisotopic (exact) mass is 314 g/mol. The van der Waals surface area contributed by atoms with Crippen molar-refractivity contribution in [2.45, 2.75) is 61.8 Å². The first kappa shape index (κ1) is 26.1. The molecule has 130 valence electrons. The van der Waals surface area contributed by atoms with E-state index in [1.54, 1.807) is 0 Å². The molecular formula is C23H38. The van der Waals surface area contributed by atoms with Crippen LogP contribution >= 0.6 is 0 Å². The van der Waals surface area contributed by atoms with Crippen LogP contribution in [0.25, 0.3) is 5.57 Å². The summed E-state index contributed by atoms with van der Waals surface area (Å²) in [6, 6.07) is 8.65. The quantitative estimate of drug-likeness (QED) is 0.482. The summed E-state index contributed by atoms with van der Waals surface area (Å²) in [6.07, 6.45) is 8.85. The smallest absolute Gasteiger partial charge is 0.0115 e. The van der Waals surface area contributed by atoms with Gasteiger partial charge in [0.15, 0.2) is 0 Å². The molecule has 0 bridgehead atoms. The van der Waals surface area contributed by atoms with Crippen LogP contribution in [0.1, 0.15) is 66.5 Å². The van der Waals surface area contributed by atoms with E-state index in [2.05, 4.69) is 50.4 Å². The summed E-state index contributed by atoms with van der Waals surface area (Å²) in [5.41, 5.74) is 4.86. The van der Waals surface area contributed by atoms with E-state index in [0.29, 0.717) is 0 Å². The van der Waals surface area contributed by atoms with Gasteiger partial charge in [0.2, 0.25) is 0 Å². The van der Waals surface area contributed by atoms with E-state index >= 15 is 0 Å². The van der Waals surface area contributed by atoms with Gasteiger partial charge in [0.05, 0.1) is 0 Å². The van der Waals surface area contributed by atoms with Crippen LogP contribution in [0.15, 0.2) is 67.3 Å². The molecule has 0 aliphatic carbocycles. The van der Waals surface area contributed by atoms with Gasteiger partial charge < -0.3 is 0 Å². The standard InChI is InChI=1S/C17H20.3C2H6/c1-5-9-17(15(7-3)8-4)16-12-10-14(6-2)11-13-16;3*1-2/h5,7-13H,1,3,6H2,2,4H3;3*1-2H3/b15-8-,17-9+;;;. The van der Waals surface area contributed by atoms with E-state index in [1.165, 1.54) is 16.7 Å². The van der Waals surface area contributed by atoms with E-state index in [4.69, 9.17) is 0 Å². The Morgan fingerprint density at radius 1 is 0.913 bits per heavy atom. The van der Waals surface area contributed by atoms with Crippen molar-refractivity contribution >= 4 is 5.57 Å². The van der Waals surface area contributed by atoms with Gasteiger partial charge in [-0.15, -0.1) is 0 Å². The minimum Gasteiger partial charge on any atom is -0.0990 e. The third-order valence-electron chi connectivity index (χ3n) is 2.80. The van der Waals surface area contributed by atoms with Crippen LogP contribution < -0.4 is 0 Å². The molecule has 0 saturated heterocycles. The van der Waals surface area contributed by atoms with Gasteiger partial charge in [-0.25, -0.2) is 0 Å². The Balaban J connectivity index is -0.000000595. The number of benzene rings is 1. The van der Waals surface area contributed by atoms with Crippen molar-refractivity contribution in [2.24, 2.45) is 0 Å². The molecular weight excluding hydrogens is 276 g/mol. The average molecular weight is 315 g/mol. The fraction of sp³-hybridized carbons (Fsp3) is 0.391. The minimum atomic E-state index is 1.07. The van der Waals surface area contributed by atoms with Gasteiger partial charge >= 0.3 is 0 Å². The number of hydrogen-bond acceptors (Lipinski definition) is 0. The normalized spacial score (nSPS) is 9.91.